The number of aryl methyl sites for hydroxylation is 1. The highest BCUT2D eigenvalue weighted by Gasteiger charge is 2.20. The third kappa shape index (κ3) is 6.20. The number of carbonyl (C=O) groups is 3. The van der Waals surface area contributed by atoms with Crippen molar-refractivity contribution in [3.05, 3.63) is 98.9 Å². The fraction of sp³-hybridized carbons (Fsp3) is 0.222. The number of carbonyl (C=O) groups excluding carboxylic acids is 3. The minimum Gasteiger partial charge on any atom is -0.347 e. The topological polar surface area (TPSA) is 78.5 Å². The predicted octanol–water partition coefficient (Wildman–Crippen LogP) is 4.27. The maximum Gasteiger partial charge on any atom is 0.268 e. The van der Waals surface area contributed by atoms with Gasteiger partial charge in [0.25, 0.3) is 11.8 Å². The Kier molecular flexibility index (Phi) is 7.54. The molecule has 2 heterocycles. The second-order valence-electron chi connectivity index (χ2n) is 8.32. The van der Waals surface area contributed by atoms with Gasteiger partial charge >= 0.3 is 0 Å². The number of hydrogen-bond acceptors (Lipinski definition) is 4. The van der Waals surface area contributed by atoms with E-state index in [1.807, 2.05) is 65.7 Å². The van der Waals surface area contributed by atoms with Crippen molar-refractivity contribution in [3.8, 4) is 0 Å². The maximum absolute atomic E-state index is 13.0. The SMILES string of the molecule is Cc1cccc(C(=O)N/C(=C\c2cccs2)C(=O)NCc2ccc(CN3CCCC3=O)cc2)c1. The van der Waals surface area contributed by atoms with Gasteiger partial charge in [0.1, 0.15) is 5.70 Å². The molecule has 0 unspecified atom stereocenters. The van der Waals surface area contributed by atoms with E-state index in [9.17, 15) is 14.4 Å². The zero-order valence-corrected chi connectivity index (χ0v) is 19.9. The summed E-state index contributed by atoms with van der Waals surface area (Å²) in [7, 11) is 0. The van der Waals surface area contributed by atoms with Crippen LogP contribution in [0.1, 0.15) is 44.8 Å². The van der Waals surface area contributed by atoms with Gasteiger partial charge in [-0.05, 0) is 54.1 Å². The highest BCUT2D eigenvalue weighted by molar-refractivity contribution is 7.10. The van der Waals surface area contributed by atoms with E-state index in [-0.39, 0.29) is 23.4 Å². The molecule has 174 valence electrons. The number of amides is 3. The molecule has 1 aliphatic rings. The predicted molar refractivity (Wildman–Crippen MR) is 134 cm³/mol. The summed E-state index contributed by atoms with van der Waals surface area (Å²) in [5, 5.41) is 7.58. The van der Waals surface area contributed by atoms with E-state index < -0.39 is 0 Å². The molecule has 3 amide bonds. The van der Waals surface area contributed by atoms with E-state index in [2.05, 4.69) is 10.6 Å². The van der Waals surface area contributed by atoms with Crippen LogP contribution in [-0.2, 0) is 22.7 Å². The van der Waals surface area contributed by atoms with Gasteiger partial charge in [0.05, 0.1) is 0 Å². The Labute approximate surface area is 203 Å². The highest BCUT2D eigenvalue weighted by Crippen LogP contribution is 2.16. The molecule has 6 nitrogen and oxygen atoms in total. The summed E-state index contributed by atoms with van der Waals surface area (Å²) in [6, 6.07) is 18.9. The zero-order chi connectivity index (χ0) is 23.9. The van der Waals surface area contributed by atoms with Crippen LogP contribution in [0.5, 0.6) is 0 Å². The van der Waals surface area contributed by atoms with Crippen LogP contribution in [0.3, 0.4) is 0 Å². The van der Waals surface area contributed by atoms with E-state index in [1.165, 1.54) is 11.3 Å². The summed E-state index contributed by atoms with van der Waals surface area (Å²) >= 11 is 1.49. The van der Waals surface area contributed by atoms with Gasteiger partial charge in [-0.2, -0.15) is 0 Å². The Balaban J connectivity index is 1.40. The molecule has 3 aromatic rings. The summed E-state index contributed by atoms with van der Waals surface area (Å²) in [6.45, 7) is 3.67. The summed E-state index contributed by atoms with van der Waals surface area (Å²) in [6.07, 6.45) is 3.24. The molecule has 0 radical (unpaired) electrons. The molecule has 1 fully saturated rings. The average Bonchev–Trinajstić information content (AvgIpc) is 3.50. The molecule has 0 atom stereocenters. The molecular formula is C27H27N3O3S. The first-order valence-corrected chi connectivity index (χ1v) is 12.1. The van der Waals surface area contributed by atoms with Gasteiger partial charge < -0.3 is 15.5 Å². The summed E-state index contributed by atoms with van der Waals surface area (Å²) < 4.78 is 0. The van der Waals surface area contributed by atoms with Crippen molar-refractivity contribution in [2.45, 2.75) is 32.9 Å². The van der Waals surface area contributed by atoms with E-state index in [0.717, 1.165) is 34.5 Å². The number of benzene rings is 2. The number of thiophene rings is 1. The molecule has 0 bridgehead atoms. The lowest BCUT2D eigenvalue weighted by Crippen LogP contribution is -2.34. The molecule has 4 rings (SSSR count). The molecule has 34 heavy (non-hydrogen) atoms. The van der Waals surface area contributed by atoms with Crippen molar-refractivity contribution >= 4 is 35.1 Å². The lowest BCUT2D eigenvalue weighted by Gasteiger charge is -2.16. The second kappa shape index (κ2) is 10.9. The van der Waals surface area contributed by atoms with Gasteiger partial charge in [-0.1, -0.05) is 48.0 Å². The molecule has 0 saturated carbocycles. The number of nitrogens with one attached hydrogen (secondary N) is 2. The largest absolute Gasteiger partial charge is 0.347 e. The quantitative estimate of drug-likeness (QED) is 0.480. The monoisotopic (exact) mass is 473 g/mol. The lowest BCUT2D eigenvalue weighted by molar-refractivity contribution is -0.128. The molecule has 1 saturated heterocycles. The summed E-state index contributed by atoms with van der Waals surface area (Å²) in [4.78, 5) is 40.3. The van der Waals surface area contributed by atoms with Crippen LogP contribution in [0.2, 0.25) is 0 Å². The molecule has 2 aromatic carbocycles. The van der Waals surface area contributed by atoms with Crippen molar-refractivity contribution in [1.82, 2.24) is 15.5 Å². The molecule has 0 aliphatic carbocycles. The zero-order valence-electron chi connectivity index (χ0n) is 19.0. The first-order valence-electron chi connectivity index (χ1n) is 11.2. The number of nitrogens with zero attached hydrogens (tertiary/aromatic N) is 1. The molecule has 1 aromatic heterocycles. The van der Waals surface area contributed by atoms with Crippen LogP contribution < -0.4 is 10.6 Å². The Morgan fingerprint density at radius 1 is 1.06 bits per heavy atom. The Morgan fingerprint density at radius 3 is 2.53 bits per heavy atom. The van der Waals surface area contributed by atoms with Gasteiger partial charge in [0, 0.05) is 36.5 Å². The Bertz CT molecular complexity index is 1200. The van der Waals surface area contributed by atoms with Crippen LogP contribution in [0.15, 0.2) is 71.7 Å². The van der Waals surface area contributed by atoms with Crippen LogP contribution in [0, 0.1) is 6.92 Å². The Hall–Kier alpha value is -3.71. The van der Waals surface area contributed by atoms with E-state index >= 15 is 0 Å². The fourth-order valence-corrected chi connectivity index (χ4v) is 4.44. The fourth-order valence-electron chi connectivity index (χ4n) is 3.79. The van der Waals surface area contributed by atoms with Gasteiger partial charge in [-0.15, -0.1) is 11.3 Å². The lowest BCUT2D eigenvalue weighted by atomic mass is 10.1. The summed E-state index contributed by atoms with van der Waals surface area (Å²) in [5.74, 6) is -0.488. The van der Waals surface area contributed by atoms with Gasteiger partial charge in [-0.25, -0.2) is 0 Å². The van der Waals surface area contributed by atoms with Crippen molar-refractivity contribution in [1.29, 1.82) is 0 Å². The molecule has 1 aliphatic heterocycles. The van der Waals surface area contributed by atoms with Crippen molar-refractivity contribution < 1.29 is 14.4 Å². The molecular weight excluding hydrogens is 446 g/mol. The third-order valence-electron chi connectivity index (χ3n) is 5.62. The smallest absolute Gasteiger partial charge is 0.268 e. The number of rotatable bonds is 8. The van der Waals surface area contributed by atoms with Crippen LogP contribution in [0.4, 0.5) is 0 Å². The van der Waals surface area contributed by atoms with Crippen molar-refractivity contribution in [3.63, 3.8) is 0 Å². The maximum atomic E-state index is 13.0. The first-order chi connectivity index (χ1) is 16.5. The first kappa shape index (κ1) is 23.4. The van der Waals surface area contributed by atoms with Crippen LogP contribution >= 0.6 is 11.3 Å². The van der Waals surface area contributed by atoms with Crippen LogP contribution in [-0.4, -0.2) is 29.2 Å². The minimum atomic E-state index is -0.360. The van der Waals surface area contributed by atoms with Crippen LogP contribution in [0.25, 0.3) is 6.08 Å². The average molecular weight is 474 g/mol. The van der Waals surface area contributed by atoms with Gasteiger partial charge in [0.15, 0.2) is 0 Å². The molecule has 0 spiro atoms. The standard InChI is InChI=1S/C27H27N3O3S/c1-19-5-2-6-22(15-19)26(32)29-24(16-23-7-4-14-34-23)27(33)28-17-20-9-11-21(12-10-20)18-30-13-3-8-25(30)31/h2,4-7,9-12,14-16H,3,8,13,17-18H2,1H3,(H,28,33)(H,29,32)/b24-16-. The van der Waals surface area contributed by atoms with Gasteiger partial charge in [-0.3, -0.25) is 14.4 Å². The van der Waals surface area contributed by atoms with Gasteiger partial charge in [0.2, 0.25) is 5.91 Å². The van der Waals surface area contributed by atoms with E-state index in [1.54, 1.807) is 18.2 Å². The summed E-state index contributed by atoms with van der Waals surface area (Å²) in [5.41, 5.74) is 3.66. The molecule has 7 heteroatoms. The van der Waals surface area contributed by atoms with E-state index in [4.69, 9.17) is 0 Å². The van der Waals surface area contributed by atoms with Crippen molar-refractivity contribution in [2.24, 2.45) is 0 Å². The van der Waals surface area contributed by atoms with E-state index in [0.29, 0.717) is 25.1 Å². The minimum absolute atomic E-state index is 0.193. The third-order valence-corrected chi connectivity index (χ3v) is 6.44. The highest BCUT2D eigenvalue weighted by atomic mass is 32.1. The Morgan fingerprint density at radius 2 is 1.85 bits per heavy atom. The number of likely N-dealkylation sites (tertiary alicyclic amines) is 1. The second-order valence-corrected chi connectivity index (χ2v) is 9.29. The van der Waals surface area contributed by atoms with Crippen molar-refractivity contribution in [2.75, 3.05) is 6.54 Å². The molecule has 2 N–H and O–H groups in total. The number of hydrogen-bond donors (Lipinski definition) is 2. The normalized spacial score (nSPS) is 13.7.